The normalized spacial score (nSPS) is 16.9. The van der Waals surface area contributed by atoms with Gasteiger partial charge < -0.3 is 0 Å². The molecule has 4 aromatic rings. The van der Waals surface area contributed by atoms with Crippen molar-refractivity contribution in [3.8, 4) is 16.9 Å². The van der Waals surface area contributed by atoms with Crippen LogP contribution < -0.4 is 0 Å². The van der Waals surface area contributed by atoms with Crippen molar-refractivity contribution in [1.29, 1.82) is 0 Å². The second-order valence-electron chi connectivity index (χ2n) is 7.75. The lowest BCUT2D eigenvalue weighted by atomic mass is 10.1. The molecule has 3 heterocycles. The zero-order valence-corrected chi connectivity index (χ0v) is 20.4. The number of amides is 1. The van der Waals surface area contributed by atoms with Gasteiger partial charge in [0.25, 0.3) is 5.91 Å². The van der Waals surface area contributed by atoms with Crippen LogP contribution in [0.5, 0.6) is 0 Å². The summed E-state index contributed by atoms with van der Waals surface area (Å²) in [5.74, 6) is -0.170. The van der Waals surface area contributed by atoms with Gasteiger partial charge in [0.15, 0.2) is 5.17 Å². The highest BCUT2D eigenvalue weighted by Gasteiger charge is 2.34. The third-order valence-corrected chi connectivity index (χ3v) is 7.06. The van der Waals surface area contributed by atoms with E-state index in [9.17, 15) is 4.79 Å². The summed E-state index contributed by atoms with van der Waals surface area (Å²) in [7, 11) is 0. The molecule has 0 bridgehead atoms. The summed E-state index contributed by atoms with van der Waals surface area (Å²) in [6, 6.07) is 18.6. The second kappa shape index (κ2) is 9.62. The van der Waals surface area contributed by atoms with Gasteiger partial charge in [0.1, 0.15) is 5.69 Å². The first-order chi connectivity index (χ1) is 16.5. The quantitative estimate of drug-likeness (QED) is 0.316. The number of aliphatic imine (C=N–C) groups is 1. The average molecular weight is 508 g/mol. The number of thioether (sulfide) groups is 1. The zero-order chi connectivity index (χ0) is 23.7. The number of pyridine rings is 1. The topological polar surface area (TPSA) is 63.4 Å². The molecule has 1 aliphatic heterocycles. The molecule has 170 valence electrons. The summed E-state index contributed by atoms with van der Waals surface area (Å²) < 4.78 is 1.72. The van der Waals surface area contributed by atoms with Crippen LogP contribution in [-0.2, 0) is 0 Å². The van der Waals surface area contributed by atoms with E-state index in [0.29, 0.717) is 38.7 Å². The molecule has 2 aromatic carbocycles. The minimum Gasteiger partial charge on any atom is -0.286 e. The van der Waals surface area contributed by atoms with Crippen molar-refractivity contribution < 1.29 is 4.79 Å². The second-order valence-corrected chi connectivity index (χ2v) is 9.97. The molecule has 0 saturated carbocycles. The predicted octanol–water partition coefficient (Wildman–Crippen LogP) is 6.51. The van der Waals surface area contributed by atoms with Crippen LogP contribution in [0.2, 0.25) is 10.0 Å². The minimum atomic E-state index is -0.170. The van der Waals surface area contributed by atoms with Gasteiger partial charge in [0.2, 0.25) is 0 Å². The summed E-state index contributed by atoms with van der Waals surface area (Å²) in [6.07, 6.45) is 5.17. The van der Waals surface area contributed by atoms with Crippen molar-refractivity contribution in [2.24, 2.45) is 4.99 Å². The molecule has 2 aromatic heterocycles. The van der Waals surface area contributed by atoms with Gasteiger partial charge in [-0.2, -0.15) is 5.10 Å². The Morgan fingerprint density at radius 1 is 1.09 bits per heavy atom. The zero-order valence-electron chi connectivity index (χ0n) is 18.1. The molecule has 0 spiro atoms. The standard InChI is InChI=1S/C25H19Cl2N5OS/c1-16-14-31(25(34-16)29-18-9-10-21(26)22(27)12-18)24(33)20-15-32(19-7-3-2-4-8-19)30-23(20)17-6-5-11-28-13-17/h2-13,15-16H,14H2,1H3/t16-/m1/s1. The Morgan fingerprint density at radius 2 is 1.91 bits per heavy atom. The Kier molecular flexibility index (Phi) is 6.41. The maximum atomic E-state index is 13.9. The van der Waals surface area contributed by atoms with E-state index >= 15 is 0 Å². The fourth-order valence-corrected chi connectivity index (χ4v) is 4.96. The Hall–Kier alpha value is -3.13. The number of amidine groups is 1. The lowest BCUT2D eigenvalue weighted by Crippen LogP contribution is -2.32. The molecule has 9 heteroatoms. The smallest absolute Gasteiger partial charge is 0.263 e. The van der Waals surface area contributed by atoms with Gasteiger partial charge in [0, 0.05) is 35.9 Å². The molecule has 1 atom stereocenters. The maximum Gasteiger partial charge on any atom is 0.263 e. The van der Waals surface area contributed by atoms with Crippen LogP contribution in [0, 0.1) is 0 Å². The Labute approximate surface area is 211 Å². The van der Waals surface area contributed by atoms with Crippen LogP contribution in [-0.4, -0.2) is 42.5 Å². The average Bonchev–Trinajstić information content (AvgIpc) is 3.46. The highest BCUT2D eigenvalue weighted by Crippen LogP contribution is 2.33. The molecule has 5 rings (SSSR count). The predicted molar refractivity (Wildman–Crippen MR) is 138 cm³/mol. The number of halogens is 2. The van der Waals surface area contributed by atoms with Crippen molar-refractivity contribution in [2.75, 3.05) is 6.54 Å². The van der Waals surface area contributed by atoms with Crippen molar-refractivity contribution in [3.63, 3.8) is 0 Å². The van der Waals surface area contributed by atoms with E-state index in [1.807, 2.05) is 42.5 Å². The molecule has 1 amide bonds. The number of para-hydroxylation sites is 1. The number of carbonyl (C=O) groups excluding carboxylic acids is 1. The number of benzene rings is 2. The molecule has 1 saturated heterocycles. The van der Waals surface area contributed by atoms with Gasteiger partial charge in [-0.3, -0.25) is 14.7 Å². The van der Waals surface area contributed by atoms with E-state index in [-0.39, 0.29) is 11.2 Å². The monoisotopic (exact) mass is 507 g/mol. The molecule has 6 nitrogen and oxygen atoms in total. The summed E-state index contributed by atoms with van der Waals surface area (Å²) in [4.78, 5) is 24.5. The van der Waals surface area contributed by atoms with Crippen LogP contribution in [0.25, 0.3) is 16.9 Å². The molecular formula is C25H19Cl2N5OS. The van der Waals surface area contributed by atoms with Gasteiger partial charge in [-0.25, -0.2) is 9.67 Å². The highest BCUT2D eigenvalue weighted by molar-refractivity contribution is 8.14. The van der Waals surface area contributed by atoms with Crippen LogP contribution in [0.4, 0.5) is 5.69 Å². The molecule has 1 fully saturated rings. The molecular weight excluding hydrogens is 489 g/mol. The van der Waals surface area contributed by atoms with Gasteiger partial charge >= 0.3 is 0 Å². The first-order valence-corrected chi connectivity index (χ1v) is 12.2. The molecule has 0 unspecified atom stereocenters. The van der Waals surface area contributed by atoms with Crippen molar-refractivity contribution in [3.05, 3.63) is 94.9 Å². The van der Waals surface area contributed by atoms with E-state index in [4.69, 9.17) is 33.3 Å². The minimum absolute atomic E-state index is 0.170. The van der Waals surface area contributed by atoms with E-state index in [2.05, 4.69) is 11.9 Å². The lowest BCUT2D eigenvalue weighted by molar-refractivity contribution is 0.0856. The summed E-state index contributed by atoms with van der Waals surface area (Å²) in [5.41, 5.74) is 3.31. The van der Waals surface area contributed by atoms with Crippen LogP contribution >= 0.6 is 35.0 Å². The fourth-order valence-electron chi connectivity index (χ4n) is 3.64. The van der Waals surface area contributed by atoms with Crippen molar-refractivity contribution in [1.82, 2.24) is 19.7 Å². The van der Waals surface area contributed by atoms with E-state index in [0.717, 1.165) is 11.3 Å². The van der Waals surface area contributed by atoms with Crippen LogP contribution in [0.1, 0.15) is 17.3 Å². The maximum absolute atomic E-state index is 13.9. The van der Waals surface area contributed by atoms with E-state index in [1.165, 1.54) is 0 Å². The number of carbonyl (C=O) groups is 1. The number of aromatic nitrogens is 3. The number of hydrogen-bond acceptors (Lipinski definition) is 5. The molecule has 34 heavy (non-hydrogen) atoms. The Bertz CT molecular complexity index is 1370. The summed E-state index contributed by atoms with van der Waals surface area (Å²) in [6.45, 7) is 2.60. The third-order valence-electron chi connectivity index (χ3n) is 5.25. The number of hydrogen-bond donors (Lipinski definition) is 0. The SMILES string of the molecule is C[C@@H]1CN(C(=O)c2cn(-c3ccccc3)nc2-c2cccnc2)C(=Nc2ccc(Cl)c(Cl)c2)S1. The molecule has 0 aliphatic carbocycles. The van der Waals surface area contributed by atoms with Crippen LogP contribution in [0.15, 0.2) is 84.2 Å². The van der Waals surface area contributed by atoms with Gasteiger partial charge in [-0.15, -0.1) is 0 Å². The third kappa shape index (κ3) is 4.59. The Morgan fingerprint density at radius 3 is 2.65 bits per heavy atom. The van der Waals surface area contributed by atoms with Gasteiger partial charge in [-0.1, -0.05) is 60.1 Å². The summed E-state index contributed by atoms with van der Waals surface area (Å²) in [5, 5.41) is 6.42. The fraction of sp³-hybridized carbons (Fsp3) is 0.120. The van der Waals surface area contributed by atoms with Crippen LogP contribution in [0.3, 0.4) is 0 Å². The highest BCUT2D eigenvalue weighted by atomic mass is 35.5. The largest absolute Gasteiger partial charge is 0.286 e. The summed E-state index contributed by atoms with van der Waals surface area (Å²) >= 11 is 13.8. The lowest BCUT2D eigenvalue weighted by Gasteiger charge is -2.16. The Balaban J connectivity index is 1.57. The van der Waals surface area contributed by atoms with E-state index in [1.54, 1.807) is 58.1 Å². The molecule has 1 aliphatic rings. The van der Waals surface area contributed by atoms with Crippen molar-refractivity contribution in [2.45, 2.75) is 12.2 Å². The van der Waals surface area contributed by atoms with E-state index < -0.39 is 0 Å². The van der Waals surface area contributed by atoms with Gasteiger partial charge in [-0.05, 0) is 42.5 Å². The number of nitrogens with zero attached hydrogens (tertiary/aromatic N) is 5. The first kappa shape index (κ1) is 22.7. The number of rotatable bonds is 4. The van der Waals surface area contributed by atoms with Crippen molar-refractivity contribution >= 4 is 51.7 Å². The first-order valence-electron chi connectivity index (χ1n) is 10.6. The molecule has 0 radical (unpaired) electrons. The van der Waals surface area contributed by atoms with Gasteiger partial charge in [0.05, 0.1) is 27.0 Å². The molecule has 0 N–H and O–H groups in total.